The molecule has 0 aromatic carbocycles. The molecule has 3 aliphatic rings. The number of methoxy groups -OCH3 is 1. The van der Waals surface area contributed by atoms with E-state index in [0.717, 1.165) is 6.20 Å². The molecule has 0 radical (unpaired) electrons. The molecule has 1 aromatic heterocycles. The van der Waals surface area contributed by atoms with Crippen LogP contribution >= 0.6 is 24.8 Å². The second-order valence-electron chi connectivity index (χ2n) is 8.47. The summed E-state index contributed by atoms with van der Waals surface area (Å²) >= 11 is 0. The third kappa shape index (κ3) is 3.42. The van der Waals surface area contributed by atoms with Crippen LogP contribution in [0.5, 0.6) is 11.6 Å². The molecule has 6 N–H and O–H groups in total. The van der Waals surface area contributed by atoms with E-state index in [1.54, 1.807) is 14.1 Å². The van der Waals surface area contributed by atoms with Crippen LogP contribution in [0.3, 0.4) is 0 Å². The number of nitrogens with zero attached hydrogens (tertiary/aromatic N) is 2. The van der Waals surface area contributed by atoms with Gasteiger partial charge in [0.05, 0.1) is 24.9 Å². The number of aliphatic hydroxyl groups excluding tert-OH is 2. The average Bonchev–Trinajstić information content (AvgIpc) is 2.70. The van der Waals surface area contributed by atoms with Crippen LogP contribution in [0.4, 0.5) is 0 Å². The van der Waals surface area contributed by atoms with Crippen molar-refractivity contribution in [1.82, 2.24) is 9.88 Å². The third-order valence-corrected chi connectivity index (χ3v) is 6.63. The number of pyridine rings is 1. The van der Waals surface area contributed by atoms with E-state index in [0.29, 0.717) is 5.56 Å². The Morgan fingerprint density at radius 3 is 2.38 bits per heavy atom. The van der Waals surface area contributed by atoms with E-state index >= 15 is 0 Å². The van der Waals surface area contributed by atoms with Gasteiger partial charge in [0, 0.05) is 17.1 Å². The van der Waals surface area contributed by atoms with Crippen LogP contribution in [0.15, 0.2) is 23.1 Å². The summed E-state index contributed by atoms with van der Waals surface area (Å²) in [6.45, 7) is 0. The summed E-state index contributed by atoms with van der Waals surface area (Å²) in [5.74, 6) is -6.88. The lowest BCUT2D eigenvalue weighted by atomic mass is 9.57. The van der Waals surface area contributed by atoms with Crippen LogP contribution in [0, 0.1) is 11.8 Å². The minimum Gasteiger partial charge on any atom is -0.508 e. The minimum atomic E-state index is -2.66. The maximum Gasteiger partial charge on any atom is 0.255 e. The number of hydrogen-bond acceptors (Lipinski definition) is 10. The Kier molecular flexibility index (Phi) is 7.30. The molecule has 1 aromatic rings. The molecule has 0 spiro atoms. The fourth-order valence-electron chi connectivity index (χ4n) is 5.29. The van der Waals surface area contributed by atoms with Gasteiger partial charge in [-0.25, -0.2) is 4.98 Å². The number of carbonyl (C=O) groups excluding carboxylic acids is 3. The van der Waals surface area contributed by atoms with Crippen LogP contribution in [0.1, 0.15) is 17.5 Å². The van der Waals surface area contributed by atoms with Crippen LogP contribution in [-0.4, -0.2) is 80.6 Å². The van der Waals surface area contributed by atoms with Gasteiger partial charge in [0.1, 0.15) is 22.8 Å². The number of fused-ring (bicyclic) bond motifs is 3. The highest BCUT2D eigenvalue weighted by Crippen LogP contribution is 2.53. The number of aliphatic hydroxyl groups is 3. The Hall–Kier alpha value is -2.86. The van der Waals surface area contributed by atoms with Crippen molar-refractivity contribution in [2.75, 3.05) is 21.2 Å². The summed E-state index contributed by atoms with van der Waals surface area (Å²) in [5, 5.41) is 43.4. The van der Waals surface area contributed by atoms with Crippen molar-refractivity contribution in [2.45, 2.75) is 24.5 Å². The Morgan fingerprint density at radius 1 is 1.24 bits per heavy atom. The SMILES string of the molecule is COc1ncc(O)c2c1C[C@H]1C[C@H]3[C@H](N(C)C)C(=O)C(C(N)=O)=C(O)[C@@]3(O)C(=O)C1=C2O.Cl.Cl. The average molecular weight is 518 g/mol. The first kappa shape index (κ1) is 27.4. The molecule has 1 amide bonds. The minimum absolute atomic E-state index is 0. The summed E-state index contributed by atoms with van der Waals surface area (Å²) in [6.07, 6.45) is 1.19. The van der Waals surface area contributed by atoms with E-state index in [2.05, 4.69) is 4.98 Å². The lowest BCUT2D eigenvalue weighted by Crippen LogP contribution is -2.65. The molecule has 0 saturated heterocycles. The predicted octanol–water partition coefficient (Wildman–Crippen LogP) is 0.211. The second kappa shape index (κ2) is 9.06. The van der Waals surface area contributed by atoms with Crippen molar-refractivity contribution in [1.29, 1.82) is 0 Å². The van der Waals surface area contributed by atoms with Crippen molar-refractivity contribution in [2.24, 2.45) is 17.6 Å². The van der Waals surface area contributed by atoms with Crippen molar-refractivity contribution < 1.29 is 39.5 Å². The lowest BCUT2D eigenvalue weighted by molar-refractivity contribution is -0.153. The van der Waals surface area contributed by atoms with Crippen LogP contribution in [-0.2, 0) is 20.8 Å². The molecule has 0 aliphatic heterocycles. The highest BCUT2D eigenvalue weighted by atomic mass is 35.5. The zero-order chi connectivity index (χ0) is 23.7. The predicted molar refractivity (Wildman–Crippen MR) is 123 cm³/mol. The topological polar surface area (TPSA) is 184 Å². The van der Waals surface area contributed by atoms with E-state index < -0.39 is 63.8 Å². The van der Waals surface area contributed by atoms with Crippen molar-refractivity contribution in [3.63, 3.8) is 0 Å². The fraction of sp³-hybridized carbons (Fsp3) is 0.429. The smallest absolute Gasteiger partial charge is 0.255 e. The highest BCUT2D eigenvalue weighted by Gasteiger charge is 2.64. The maximum absolute atomic E-state index is 13.6. The number of hydrogen-bond donors (Lipinski definition) is 5. The van der Waals surface area contributed by atoms with Gasteiger partial charge in [-0.05, 0) is 32.9 Å². The number of halogens is 2. The molecule has 3 aliphatic carbocycles. The van der Waals surface area contributed by atoms with Crippen LogP contribution < -0.4 is 10.5 Å². The Labute approximate surface area is 206 Å². The normalized spacial score (nSPS) is 27.9. The molecule has 0 unspecified atom stereocenters. The van der Waals surface area contributed by atoms with E-state index in [1.807, 2.05) is 0 Å². The summed E-state index contributed by atoms with van der Waals surface area (Å²) in [7, 11) is 4.45. The number of rotatable bonds is 3. The van der Waals surface area contributed by atoms with E-state index in [4.69, 9.17) is 10.5 Å². The van der Waals surface area contributed by atoms with E-state index in [1.165, 1.54) is 12.0 Å². The molecule has 4 atom stereocenters. The molecular formula is C21H25Cl2N3O8. The van der Waals surface area contributed by atoms with Crippen LogP contribution in [0.25, 0.3) is 5.76 Å². The fourth-order valence-corrected chi connectivity index (χ4v) is 5.29. The summed E-state index contributed by atoms with van der Waals surface area (Å²) in [6, 6.07) is -1.13. The largest absolute Gasteiger partial charge is 0.508 e. The number of aromatic nitrogens is 1. The Bertz CT molecular complexity index is 1150. The summed E-state index contributed by atoms with van der Waals surface area (Å²) in [4.78, 5) is 43.9. The molecule has 1 fully saturated rings. The molecule has 34 heavy (non-hydrogen) atoms. The second-order valence-corrected chi connectivity index (χ2v) is 8.47. The standard InChI is InChI=1S/C21H23N3O8.2ClH/c1-24(2)14-9-5-7-4-8-12(10(25)6-23-20(8)32-3)15(26)11(7)17(28)21(9,31)18(29)13(16(14)27)19(22)30;;/h6-7,9,14,25-26,29,31H,4-5H2,1-3H3,(H2,22,30);2*1H/t7-,9-,14-,21-;;/m0../s1. The molecule has 11 nitrogen and oxygen atoms in total. The zero-order valence-corrected chi connectivity index (χ0v) is 20.1. The van der Waals surface area contributed by atoms with Crippen molar-refractivity contribution in [3.05, 3.63) is 34.2 Å². The quantitative estimate of drug-likeness (QED) is 0.347. The van der Waals surface area contributed by atoms with Gasteiger partial charge < -0.3 is 30.9 Å². The van der Waals surface area contributed by atoms with Gasteiger partial charge in [-0.15, -0.1) is 24.8 Å². The molecule has 4 rings (SSSR count). The number of primary amides is 1. The van der Waals surface area contributed by atoms with Crippen molar-refractivity contribution >= 4 is 48.0 Å². The van der Waals surface area contributed by atoms with Gasteiger partial charge in [0.15, 0.2) is 11.4 Å². The Balaban J connectivity index is 0.00000204. The maximum atomic E-state index is 13.6. The van der Waals surface area contributed by atoms with Gasteiger partial charge in [-0.2, -0.15) is 0 Å². The van der Waals surface area contributed by atoms with Gasteiger partial charge in [0.25, 0.3) is 5.91 Å². The molecule has 186 valence electrons. The number of nitrogens with two attached hydrogens (primary N) is 1. The summed E-state index contributed by atoms with van der Waals surface area (Å²) in [5.41, 5.74) is 1.86. The number of ketones is 2. The summed E-state index contributed by atoms with van der Waals surface area (Å²) < 4.78 is 5.23. The van der Waals surface area contributed by atoms with Gasteiger partial charge in [-0.1, -0.05) is 0 Å². The first-order valence-electron chi connectivity index (χ1n) is 9.86. The number of ether oxygens (including phenoxy) is 1. The van der Waals surface area contributed by atoms with Gasteiger partial charge in [0.2, 0.25) is 11.7 Å². The highest BCUT2D eigenvalue weighted by molar-refractivity contribution is 6.24. The molecule has 1 saturated carbocycles. The monoisotopic (exact) mass is 517 g/mol. The first-order chi connectivity index (χ1) is 15.0. The zero-order valence-electron chi connectivity index (χ0n) is 18.4. The lowest BCUT2D eigenvalue weighted by Gasteiger charge is -2.50. The van der Waals surface area contributed by atoms with E-state index in [-0.39, 0.29) is 54.7 Å². The van der Waals surface area contributed by atoms with Gasteiger partial charge >= 0.3 is 0 Å². The first-order valence-corrected chi connectivity index (χ1v) is 9.86. The van der Waals surface area contributed by atoms with Crippen molar-refractivity contribution in [3.8, 4) is 11.6 Å². The number of amides is 1. The Morgan fingerprint density at radius 2 is 1.85 bits per heavy atom. The molecule has 0 bridgehead atoms. The number of likely N-dealkylation sites (N-methyl/N-ethyl adjacent to an activating group) is 1. The molecular weight excluding hydrogens is 493 g/mol. The van der Waals surface area contributed by atoms with E-state index in [9.17, 15) is 34.8 Å². The number of carbonyl (C=O) groups is 3. The van der Waals surface area contributed by atoms with Gasteiger partial charge in [-0.3, -0.25) is 19.3 Å². The molecule has 1 heterocycles. The number of Topliss-reactive ketones (excluding diaryl/α,β-unsaturated/α-hetero) is 2. The van der Waals surface area contributed by atoms with Crippen LogP contribution in [0.2, 0.25) is 0 Å². The third-order valence-electron chi connectivity index (χ3n) is 6.63. The number of aromatic hydroxyl groups is 1. The molecule has 13 heteroatoms.